The quantitative estimate of drug-likeness (QED) is 0.834. The summed E-state index contributed by atoms with van der Waals surface area (Å²) in [5, 5.41) is 8.86. The number of aliphatic hydroxyl groups excluding tert-OH is 1. The number of hydrogen-bond donors (Lipinski definition) is 1. The van der Waals surface area contributed by atoms with Crippen LogP contribution in [0.2, 0.25) is 0 Å². The first-order valence-electron chi connectivity index (χ1n) is 6.17. The third-order valence-corrected chi connectivity index (χ3v) is 2.85. The average Bonchev–Trinajstić information content (AvgIpc) is 2.35. The van der Waals surface area contributed by atoms with Crippen LogP contribution in [0.25, 0.3) is 0 Å². The predicted molar refractivity (Wildman–Crippen MR) is 70.8 cm³/mol. The third kappa shape index (κ3) is 3.74. The smallest absolute Gasteiger partial charge is 0.260 e. The summed E-state index contributed by atoms with van der Waals surface area (Å²) in [7, 11) is 0. The van der Waals surface area contributed by atoms with E-state index in [1.807, 2.05) is 39.0 Å². The van der Waals surface area contributed by atoms with Crippen LogP contribution in [-0.2, 0) is 4.79 Å². The normalized spacial score (nSPS) is 10.2. The van der Waals surface area contributed by atoms with Gasteiger partial charge in [0.15, 0.2) is 6.61 Å². The van der Waals surface area contributed by atoms with Gasteiger partial charge in [-0.05, 0) is 31.9 Å². The Morgan fingerprint density at radius 2 is 1.94 bits per heavy atom. The summed E-state index contributed by atoms with van der Waals surface area (Å²) in [5.41, 5.74) is 2.04. The zero-order chi connectivity index (χ0) is 13.5. The van der Waals surface area contributed by atoms with Gasteiger partial charge in [-0.15, -0.1) is 0 Å². The number of ether oxygens (including phenoxy) is 1. The first-order chi connectivity index (χ1) is 8.60. The van der Waals surface area contributed by atoms with E-state index in [1.54, 1.807) is 4.90 Å². The molecular formula is C14H21NO3. The van der Waals surface area contributed by atoms with Gasteiger partial charge >= 0.3 is 0 Å². The zero-order valence-corrected chi connectivity index (χ0v) is 11.3. The van der Waals surface area contributed by atoms with Gasteiger partial charge in [0.1, 0.15) is 5.75 Å². The van der Waals surface area contributed by atoms with Crippen molar-refractivity contribution >= 4 is 5.91 Å². The summed E-state index contributed by atoms with van der Waals surface area (Å²) < 4.78 is 5.59. The van der Waals surface area contributed by atoms with Crippen LogP contribution in [0, 0.1) is 13.8 Å². The van der Waals surface area contributed by atoms with Crippen LogP contribution in [0.4, 0.5) is 0 Å². The first kappa shape index (κ1) is 14.5. The van der Waals surface area contributed by atoms with Crippen molar-refractivity contribution in [2.24, 2.45) is 0 Å². The van der Waals surface area contributed by atoms with Crippen molar-refractivity contribution < 1.29 is 14.6 Å². The predicted octanol–water partition coefficient (Wildman–Crippen LogP) is 1.52. The van der Waals surface area contributed by atoms with Gasteiger partial charge in [-0.2, -0.15) is 0 Å². The third-order valence-electron chi connectivity index (χ3n) is 2.85. The molecule has 0 aliphatic heterocycles. The van der Waals surface area contributed by atoms with Crippen LogP contribution in [0.15, 0.2) is 18.2 Å². The number of benzene rings is 1. The summed E-state index contributed by atoms with van der Waals surface area (Å²) in [6.07, 6.45) is 0. The van der Waals surface area contributed by atoms with Gasteiger partial charge in [-0.25, -0.2) is 0 Å². The molecule has 1 rings (SSSR count). The van der Waals surface area contributed by atoms with Gasteiger partial charge in [-0.3, -0.25) is 4.79 Å². The highest BCUT2D eigenvalue weighted by Gasteiger charge is 2.12. The number of carbonyl (C=O) groups is 1. The second-order valence-electron chi connectivity index (χ2n) is 4.21. The van der Waals surface area contributed by atoms with Gasteiger partial charge in [0.25, 0.3) is 5.91 Å². The maximum absolute atomic E-state index is 11.8. The van der Waals surface area contributed by atoms with Gasteiger partial charge in [0.2, 0.25) is 0 Å². The Labute approximate surface area is 108 Å². The average molecular weight is 251 g/mol. The SMILES string of the molecule is CCN(CCO)C(=O)COc1c(C)cccc1C. The molecule has 0 saturated heterocycles. The van der Waals surface area contributed by atoms with E-state index in [4.69, 9.17) is 9.84 Å². The van der Waals surface area contributed by atoms with E-state index >= 15 is 0 Å². The number of hydrogen-bond acceptors (Lipinski definition) is 3. The number of para-hydroxylation sites is 1. The number of amides is 1. The van der Waals surface area contributed by atoms with E-state index in [1.165, 1.54) is 0 Å². The van der Waals surface area contributed by atoms with Crippen LogP contribution in [-0.4, -0.2) is 42.2 Å². The lowest BCUT2D eigenvalue weighted by atomic mass is 10.1. The van der Waals surface area contributed by atoms with E-state index in [9.17, 15) is 4.79 Å². The van der Waals surface area contributed by atoms with Crippen molar-refractivity contribution in [3.8, 4) is 5.75 Å². The van der Waals surface area contributed by atoms with Crippen molar-refractivity contribution in [3.05, 3.63) is 29.3 Å². The zero-order valence-electron chi connectivity index (χ0n) is 11.3. The fourth-order valence-corrected chi connectivity index (χ4v) is 1.83. The number of aliphatic hydroxyl groups is 1. The van der Waals surface area contributed by atoms with Gasteiger partial charge in [0, 0.05) is 13.1 Å². The molecule has 0 fully saturated rings. The Bertz CT molecular complexity index is 384. The Hall–Kier alpha value is -1.55. The van der Waals surface area contributed by atoms with Crippen LogP contribution in [0.5, 0.6) is 5.75 Å². The van der Waals surface area contributed by atoms with Crippen LogP contribution < -0.4 is 4.74 Å². The lowest BCUT2D eigenvalue weighted by Gasteiger charge is -2.20. The maximum Gasteiger partial charge on any atom is 0.260 e. The summed E-state index contributed by atoms with van der Waals surface area (Å²) in [6, 6.07) is 5.87. The molecule has 4 heteroatoms. The number of nitrogens with zero attached hydrogens (tertiary/aromatic N) is 1. The molecule has 0 bridgehead atoms. The highest BCUT2D eigenvalue weighted by Crippen LogP contribution is 2.22. The largest absolute Gasteiger partial charge is 0.483 e. The van der Waals surface area contributed by atoms with Crippen molar-refractivity contribution in [2.45, 2.75) is 20.8 Å². The highest BCUT2D eigenvalue weighted by molar-refractivity contribution is 5.77. The molecule has 0 spiro atoms. The lowest BCUT2D eigenvalue weighted by molar-refractivity contribution is -0.133. The van der Waals surface area contributed by atoms with Gasteiger partial charge in [-0.1, -0.05) is 18.2 Å². The first-order valence-corrected chi connectivity index (χ1v) is 6.17. The Balaban J connectivity index is 2.62. The Morgan fingerprint density at radius 1 is 1.33 bits per heavy atom. The van der Waals surface area contributed by atoms with E-state index in [0.29, 0.717) is 13.1 Å². The molecule has 0 saturated carbocycles. The molecule has 1 aromatic rings. The molecule has 0 aliphatic rings. The highest BCUT2D eigenvalue weighted by atomic mass is 16.5. The standard InChI is InChI=1S/C14H21NO3/c1-4-15(8-9-16)13(17)10-18-14-11(2)6-5-7-12(14)3/h5-7,16H,4,8-10H2,1-3H3. The topological polar surface area (TPSA) is 49.8 Å². The molecule has 0 atom stereocenters. The van der Waals surface area contributed by atoms with Gasteiger partial charge in [0.05, 0.1) is 6.61 Å². The summed E-state index contributed by atoms with van der Waals surface area (Å²) >= 11 is 0. The molecule has 18 heavy (non-hydrogen) atoms. The number of carbonyl (C=O) groups excluding carboxylic acids is 1. The number of likely N-dealkylation sites (N-methyl/N-ethyl adjacent to an activating group) is 1. The minimum absolute atomic E-state index is 0.0134. The molecule has 0 heterocycles. The van der Waals surface area contributed by atoms with Crippen molar-refractivity contribution in [1.82, 2.24) is 4.90 Å². The van der Waals surface area contributed by atoms with E-state index < -0.39 is 0 Å². The Morgan fingerprint density at radius 3 is 2.44 bits per heavy atom. The number of rotatable bonds is 6. The summed E-state index contributed by atoms with van der Waals surface area (Å²) in [4.78, 5) is 13.4. The second-order valence-corrected chi connectivity index (χ2v) is 4.21. The molecule has 0 radical (unpaired) electrons. The monoisotopic (exact) mass is 251 g/mol. The molecular weight excluding hydrogens is 230 g/mol. The molecule has 1 amide bonds. The minimum atomic E-state index is -0.103. The Kier molecular flexibility index (Phi) is 5.65. The number of aryl methyl sites for hydroxylation is 2. The summed E-state index contributed by atoms with van der Waals surface area (Å²) in [5.74, 6) is 0.667. The van der Waals surface area contributed by atoms with E-state index in [2.05, 4.69) is 0 Å². The molecule has 0 unspecified atom stereocenters. The minimum Gasteiger partial charge on any atom is -0.483 e. The van der Waals surface area contributed by atoms with Gasteiger partial charge < -0.3 is 14.7 Å². The maximum atomic E-state index is 11.8. The molecule has 0 aromatic heterocycles. The van der Waals surface area contributed by atoms with Crippen molar-refractivity contribution in [1.29, 1.82) is 0 Å². The molecule has 1 N–H and O–H groups in total. The molecule has 1 aromatic carbocycles. The van der Waals surface area contributed by atoms with Crippen molar-refractivity contribution in [3.63, 3.8) is 0 Å². The second kappa shape index (κ2) is 7.01. The van der Waals surface area contributed by atoms with Crippen LogP contribution in [0.3, 0.4) is 0 Å². The van der Waals surface area contributed by atoms with Crippen molar-refractivity contribution in [2.75, 3.05) is 26.3 Å². The van der Waals surface area contributed by atoms with Crippen LogP contribution in [0.1, 0.15) is 18.1 Å². The lowest BCUT2D eigenvalue weighted by Crippen LogP contribution is -2.36. The van der Waals surface area contributed by atoms with E-state index in [0.717, 1.165) is 16.9 Å². The molecule has 4 nitrogen and oxygen atoms in total. The molecule has 0 aliphatic carbocycles. The molecule has 100 valence electrons. The fourth-order valence-electron chi connectivity index (χ4n) is 1.83. The summed E-state index contributed by atoms with van der Waals surface area (Å²) in [6.45, 7) is 6.71. The van der Waals surface area contributed by atoms with Crippen LogP contribution >= 0.6 is 0 Å². The fraction of sp³-hybridized carbons (Fsp3) is 0.500. The van der Waals surface area contributed by atoms with E-state index in [-0.39, 0.29) is 19.1 Å².